The van der Waals surface area contributed by atoms with Crippen molar-refractivity contribution in [3.05, 3.63) is 42.0 Å². The van der Waals surface area contributed by atoms with Gasteiger partial charge in [0, 0.05) is 19.3 Å². The first kappa shape index (κ1) is 12.5. The summed E-state index contributed by atoms with van der Waals surface area (Å²) >= 11 is 0. The Hall–Kier alpha value is -1.95. The Morgan fingerprint density at radius 2 is 2.06 bits per heavy atom. The van der Waals surface area contributed by atoms with E-state index in [9.17, 15) is 4.39 Å². The van der Waals surface area contributed by atoms with Gasteiger partial charge in [-0.1, -0.05) is 5.21 Å². The fourth-order valence-electron chi connectivity index (χ4n) is 1.68. The van der Waals surface area contributed by atoms with Crippen LogP contribution in [0.4, 0.5) is 10.1 Å². The van der Waals surface area contributed by atoms with Crippen LogP contribution in [-0.2, 0) is 13.1 Å². The summed E-state index contributed by atoms with van der Waals surface area (Å²) < 4.78 is 14.5. The molecule has 1 aromatic carbocycles. The Labute approximate surface area is 105 Å². The quantitative estimate of drug-likeness (QED) is 0.859. The van der Waals surface area contributed by atoms with E-state index >= 15 is 0 Å². The molecule has 0 bridgehead atoms. The van der Waals surface area contributed by atoms with Gasteiger partial charge in [0.15, 0.2) is 0 Å². The van der Waals surface area contributed by atoms with E-state index in [2.05, 4.69) is 10.3 Å². The minimum absolute atomic E-state index is 0.235. The number of halogens is 1. The smallest absolute Gasteiger partial charge is 0.123 e. The van der Waals surface area contributed by atoms with E-state index in [1.54, 1.807) is 16.8 Å². The molecule has 0 fully saturated rings. The summed E-state index contributed by atoms with van der Waals surface area (Å²) in [4.78, 5) is 1.98. The van der Waals surface area contributed by atoms with Gasteiger partial charge in [0.1, 0.15) is 11.5 Å². The van der Waals surface area contributed by atoms with Gasteiger partial charge in [-0.15, -0.1) is 5.10 Å². The molecular formula is C12H16FN5. The first-order valence-electron chi connectivity index (χ1n) is 5.75. The van der Waals surface area contributed by atoms with Gasteiger partial charge < -0.3 is 10.6 Å². The highest BCUT2D eigenvalue weighted by Gasteiger charge is 2.05. The summed E-state index contributed by atoms with van der Waals surface area (Å²) in [5.74, 6) is -0.235. The van der Waals surface area contributed by atoms with Gasteiger partial charge in [0.25, 0.3) is 0 Å². The van der Waals surface area contributed by atoms with Crippen LogP contribution in [0, 0.1) is 5.82 Å². The van der Waals surface area contributed by atoms with Crippen molar-refractivity contribution in [3.63, 3.8) is 0 Å². The van der Waals surface area contributed by atoms with Gasteiger partial charge in [0.05, 0.1) is 19.3 Å². The third-order valence-electron chi connectivity index (χ3n) is 2.61. The number of nitrogens with zero attached hydrogens (tertiary/aromatic N) is 4. The average molecular weight is 249 g/mol. The van der Waals surface area contributed by atoms with Gasteiger partial charge in [-0.3, -0.25) is 4.68 Å². The summed E-state index contributed by atoms with van der Waals surface area (Å²) in [6, 6.07) is 6.35. The van der Waals surface area contributed by atoms with Gasteiger partial charge in [-0.25, -0.2) is 4.39 Å². The zero-order valence-electron chi connectivity index (χ0n) is 10.3. The third kappa shape index (κ3) is 3.04. The minimum atomic E-state index is -0.235. The number of aromatic nitrogens is 3. The maximum absolute atomic E-state index is 12.8. The number of hydrogen-bond acceptors (Lipinski definition) is 4. The monoisotopic (exact) mass is 249 g/mol. The molecule has 0 aliphatic carbocycles. The molecule has 1 heterocycles. The van der Waals surface area contributed by atoms with E-state index in [0.29, 0.717) is 19.6 Å². The molecule has 0 aliphatic rings. The molecule has 0 saturated heterocycles. The first-order valence-corrected chi connectivity index (χ1v) is 5.75. The number of anilines is 1. The maximum Gasteiger partial charge on any atom is 0.123 e. The van der Waals surface area contributed by atoms with Crippen LogP contribution < -0.4 is 10.6 Å². The maximum atomic E-state index is 12.8. The topological polar surface area (TPSA) is 60.0 Å². The second-order valence-corrected chi connectivity index (χ2v) is 4.09. The van der Waals surface area contributed by atoms with Crippen LogP contribution in [0.2, 0.25) is 0 Å². The lowest BCUT2D eigenvalue weighted by atomic mass is 10.3. The van der Waals surface area contributed by atoms with E-state index < -0.39 is 0 Å². The highest BCUT2D eigenvalue weighted by molar-refractivity contribution is 5.45. The van der Waals surface area contributed by atoms with E-state index in [4.69, 9.17) is 5.73 Å². The SMILES string of the molecule is CN(Cc1cn(CCN)nn1)c1ccc(F)cc1. The van der Waals surface area contributed by atoms with Crippen LogP contribution in [0.3, 0.4) is 0 Å². The molecule has 2 rings (SSSR count). The number of benzene rings is 1. The Morgan fingerprint density at radius 1 is 1.33 bits per heavy atom. The molecule has 1 aromatic heterocycles. The summed E-state index contributed by atoms with van der Waals surface area (Å²) in [7, 11) is 1.93. The normalized spacial score (nSPS) is 10.6. The van der Waals surface area contributed by atoms with E-state index in [1.807, 2.05) is 18.1 Å². The van der Waals surface area contributed by atoms with Gasteiger partial charge in [0.2, 0.25) is 0 Å². The standard InChI is InChI=1S/C12H16FN5/c1-17(12-4-2-10(13)3-5-12)8-11-9-18(7-6-14)16-15-11/h2-5,9H,6-8,14H2,1H3. The summed E-state index contributed by atoms with van der Waals surface area (Å²) in [6.07, 6.45) is 1.87. The largest absolute Gasteiger partial charge is 0.369 e. The molecular weight excluding hydrogens is 233 g/mol. The zero-order chi connectivity index (χ0) is 13.0. The van der Waals surface area contributed by atoms with Crippen molar-refractivity contribution in [1.29, 1.82) is 0 Å². The summed E-state index contributed by atoms with van der Waals surface area (Å²) in [6.45, 7) is 1.82. The highest BCUT2D eigenvalue weighted by Crippen LogP contribution is 2.14. The lowest BCUT2D eigenvalue weighted by Crippen LogP contribution is -2.16. The van der Waals surface area contributed by atoms with Gasteiger partial charge in [-0.2, -0.15) is 0 Å². The predicted molar refractivity (Wildman–Crippen MR) is 67.6 cm³/mol. The van der Waals surface area contributed by atoms with E-state index in [0.717, 1.165) is 11.4 Å². The Balaban J connectivity index is 2.01. The Morgan fingerprint density at radius 3 is 2.72 bits per heavy atom. The van der Waals surface area contributed by atoms with Crippen molar-refractivity contribution in [3.8, 4) is 0 Å². The van der Waals surface area contributed by atoms with Crippen molar-refractivity contribution in [2.24, 2.45) is 5.73 Å². The lowest BCUT2D eigenvalue weighted by molar-refractivity contribution is 0.598. The van der Waals surface area contributed by atoms with Crippen molar-refractivity contribution >= 4 is 5.69 Å². The van der Waals surface area contributed by atoms with Crippen LogP contribution in [0.15, 0.2) is 30.5 Å². The molecule has 5 nitrogen and oxygen atoms in total. The van der Waals surface area contributed by atoms with Crippen molar-refractivity contribution in [2.75, 3.05) is 18.5 Å². The Kier molecular flexibility index (Phi) is 3.88. The van der Waals surface area contributed by atoms with E-state index in [-0.39, 0.29) is 5.82 Å². The molecule has 96 valence electrons. The van der Waals surface area contributed by atoms with Crippen molar-refractivity contribution in [2.45, 2.75) is 13.1 Å². The minimum Gasteiger partial charge on any atom is -0.369 e. The lowest BCUT2D eigenvalue weighted by Gasteiger charge is -2.17. The molecule has 0 spiro atoms. The second kappa shape index (κ2) is 5.59. The molecule has 2 aromatic rings. The molecule has 0 saturated carbocycles. The third-order valence-corrected chi connectivity index (χ3v) is 2.61. The Bertz CT molecular complexity index is 493. The molecule has 6 heteroatoms. The molecule has 2 N–H and O–H groups in total. The molecule has 0 atom stereocenters. The van der Waals surface area contributed by atoms with Crippen LogP contribution in [0.1, 0.15) is 5.69 Å². The molecule has 18 heavy (non-hydrogen) atoms. The van der Waals surface area contributed by atoms with Crippen LogP contribution >= 0.6 is 0 Å². The molecule has 0 aliphatic heterocycles. The molecule has 0 amide bonds. The fraction of sp³-hybridized carbons (Fsp3) is 0.333. The van der Waals surface area contributed by atoms with Crippen LogP contribution in [0.5, 0.6) is 0 Å². The zero-order valence-corrected chi connectivity index (χ0v) is 10.3. The summed E-state index contributed by atoms with van der Waals surface area (Å²) in [5.41, 5.74) is 7.23. The molecule has 0 unspecified atom stereocenters. The van der Waals surface area contributed by atoms with Crippen LogP contribution in [-0.4, -0.2) is 28.6 Å². The fourth-order valence-corrected chi connectivity index (χ4v) is 1.68. The highest BCUT2D eigenvalue weighted by atomic mass is 19.1. The second-order valence-electron chi connectivity index (χ2n) is 4.09. The first-order chi connectivity index (χ1) is 8.69. The number of rotatable bonds is 5. The average Bonchev–Trinajstić information content (AvgIpc) is 2.78. The molecule has 0 radical (unpaired) electrons. The van der Waals surface area contributed by atoms with Crippen molar-refractivity contribution in [1.82, 2.24) is 15.0 Å². The van der Waals surface area contributed by atoms with Crippen LogP contribution in [0.25, 0.3) is 0 Å². The number of hydrogen-bond donors (Lipinski definition) is 1. The van der Waals surface area contributed by atoms with E-state index in [1.165, 1.54) is 12.1 Å². The number of nitrogens with two attached hydrogens (primary N) is 1. The van der Waals surface area contributed by atoms with Crippen molar-refractivity contribution < 1.29 is 4.39 Å². The van der Waals surface area contributed by atoms with Gasteiger partial charge >= 0.3 is 0 Å². The van der Waals surface area contributed by atoms with Gasteiger partial charge in [-0.05, 0) is 24.3 Å². The predicted octanol–water partition coefficient (Wildman–Crippen LogP) is 1.01. The summed E-state index contributed by atoms with van der Waals surface area (Å²) in [5, 5.41) is 8.03.